The summed E-state index contributed by atoms with van der Waals surface area (Å²) in [5.74, 6) is 2.17. The van der Waals surface area contributed by atoms with Crippen LogP contribution >= 0.6 is 11.6 Å². The van der Waals surface area contributed by atoms with Crippen LogP contribution in [0.1, 0.15) is 11.1 Å². The maximum atomic E-state index is 8.77. The highest BCUT2D eigenvalue weighted by Gasteiger charge is 2.06. The second-order valence-electron chi connectivity index (χ2n) is 5.63. The standard InChI is InChI=1S/C19H17ClN6/c1-13-11-25-19(15-3-5-16(20)6-4-15)26-18(13)23-9-8-22-17-7-2-14(10-21)12-24-17/h2-7,11-12H,8-9H2,1H3,(H,22,24)(H,23,25,26). The first kappa shape index (κ1) is 17.6. The molecule has 0 radical (unpaired) electrons. The Labute approximate surface area is 156 Å². The third kappa shape index (κ3) is 4.47. The summed E-state index contributed by atoms with van der Waals surface area (Å²) in [6, 6.07) is 13.0. The Morgan fingerprint density at radius 2 is 1.77 bits per heavy atom. The predicted octanol–water partition coefficient (Wildman–Crippen LogP) is 3.90. The molecular weight excluding hydrogens is 348 g/mol. The van der Waals surface area contributed by atoms with Crippen LogP contribution in [0.5, 0.6) is 0 Å². The lowest BCUT2D eigenvalue weighted by atomic mass is 10.2. The molecule has 0 fully saturated rings. The number of nitrogens with one attached hydrogen (secondary N) is 2. The Morgan fingerprint density at radius 1 is 1.00 bits per heavy atom. The Kier molecular flexibility index (Phi) is 5.62. The first-order valence-corrected chi connectivity index (χ1v) is 8.47. The minimum absolute atomic E-state index is 0.542. The fourth-order valence-corrected chi connectivity index (χ4v) is 2.42. The van der Waals surface area contributed by atoms with Crippen LogP contribution in [0.2, 0.25) is 5.02 Å². The van der Waals surface area contributed by atoms with Crippen LogP contribution in [-0.2, 0) is 0 Å². The quantitative estimate of drug-likeness (QED) is 0.645. The predicted molar refractivity (Wildman–Crippen MR) is 103 cm³/mol. The van der Waals surface area contributed by atoms with Crippen molar-refractivity contribution in [3.05, 3.63) is 64.9 Å². The number of anilines is 2. The van der Waals surface area contributed by atoms with Crippen LogP contribution in [0.4, 0.5) is 11.6 Å². The fourth-order valence-electron chi connectivity index (χ4n) is 2.30. The first-order valence-electron chi connectivity index (χ1n) is 8.09. The van der Waals surface area contributed by atoms with E-state index in [0.717, 1.165) is 22.8 Å². The Bertz CT molecular complexity index is 916. The van der Waals surface area contributed by atoms with Crippen molar-refractivity contribution >= 4 is 23.2 Å². The van der Waals surface area contributed by atoms with Gasteiger partial charge in [-0.1, -0.05) is 11.6 Å². The van der Waals surface area contributed by atoms with Crippen molar-refractivity contribution in [3.63, 3.8) is 0 Å². The molecule has 3 rings (SSSR count). The summed E-state index contributed by atoms with van der Waals surface area (Å²) in [6.07, 6.45) is 3.34. The molecular formula is C19H17ClN6. The van der Waals surface area contributed by atoms with Gasteiger partial charge in [0.1, 0.15) is 17.7 Å². The number of nitrogens with zero attached hydrogens (tertiary/aromatic N) is 4. The van der Waals surface area contributed by atoms with Gasteiger partial charge in [-0.15, -0.1) is 0 Å². The fraction of sp³-hybridized carbons (Fsp3) is 0.158. The minimum Gasteiger partial charge on any atom is -0.368 e. The van der Waals surface area contributed by atoms with E-state index in [1.165, 1.54) is 0 Å². The first-order chi connectivity index (χ1) is 12.7. The van der Waals surface area contributed by atoms with E-state index >= 15 is 0 Å². The molecule has 2 aromatic heterocycles. The highest BCUT2D eigenvalue weighted by atomic mass is 35.5. The summed E-state index contributed by atoms with van der Waals surface area (Å²) >= 11 is 5.93. The van der Waals surface area contributed by atoms with E-state index < -0.39 is 0 Å². The lowest BCUT2D eigenvalue weighted by Gasteiger charge is -2.11. The van der Waals surface area contributed by atoms with Crippen molar-refractivity contribution in [3.8, 4) is 17.5 Å². The summed E-state index contributed by atoms with van der Waals surface area (Å²) in [5.41, 5.74) is 2.43. The molecule has 0 unspecified atom stereocenters. The minimum atomic E-state index is 0.542. The van der Waals surface area contributed by atoms with Crippen molar-refractivity contribution < 1.29 is 0 Å². The van der Waals surface area contributed by atoms with Gasteiger partial charge < -0.3 is 10.6 Å². The third-order valence-corrected chi connectivity index (χ3v) is 3.94. The molecule has 0 aliphatic carbocycles. The number of halogens is 1. The second-order valence-corrected chi connectivity index (χ2v) is 6.07. The van der Waals surface area contributed by atoms with Gasteiger partial charge in [0.05, 0.1) is 5.56 Å². The molecule has 2 N–H and O–H groups in total. The van der Waals surface area contributed by atoms with Crippen LogP contribution in [0.15, 0.2) is 48.8 Å². The smallest absolute Gasteiger partial charge is 0.161 e. The van der Waals surface area contributed by atoms with Crippen molar-refractivity contribution in [1.82, 2.24) is 15.0 Å². The number of aryl methyl sites for hydroxylation is 1. The largest absolute Gasteiger partial charge is 0.368 e. The number of pyridine rings is 1. The molecule has 0 aliphatic heterocycles. The average Bonchev–Trinajstić information content (AvgIpc) is 2.67. The Morgan fingerprint density at radius 3 is 2.46 bits per heavy atom. The molecule has 0 aliphatic rings. The van der Waals surface area contributed by atoms with Gasteiger partial charge in [0.25, 0.3) is 0 Å². The van der Waals surface area contributed by atoms with Crippen molar-refractivity contribution in [2.45, 2.75) is 6.92 Å². The summed E-state index contributed by atoms with van der Waals surface area (Å²) < 4.78 is 0. The molecule has 26 heavy (non-hydrogen) atoms. The molecule has 2 heterocycles. The van der Waals surface area contributed by atoms with E-state index in [0.29, 0.717) is 29.5 Å². The number of benzene rings is 1. The zero-order valence-corrected chi connectivity index (χ0v) is 15.0. The number of nitriles is 1. The van der Waals surface area contributed by atoms with Crippen LogP contribution in [-0.4, -0.2) is 28.0 Å². The summed E-state index contributed by atoms with van der Waals surface area (Å²) in [4.78, 5) is 13.2. The topological polar surface area (TPSA) is 86.5 Å². The molecule has 7 heteroatoms. The highest BCUT2D eigenvalue weighted by molar-refractivity contribution is 6.30. The van der Waals surface area contributed by atoms with Crippen LogP contribution < -0.4 is 10.6 Å². The van der Waals surface area contributed by atoms with Gasteiger partial charge in [0.15, 0.2) is 5.82 Å². The van der Waals surface area contributed by atoms with Gasteiger partial charge >= 0.3 is 0 Å². The maximum absolute atomic E-state index is 8.77. The number of aromatic nitrogens is 3. The van der Waals surface area contributed by atoms with Crippen molar-refractivity contribution in [2.24, 2.45) is 0 Å². The normalized spacial score (nSPS) is 10.2. The van der Waals surface area contributed by atoms with Crippen molar-refractivity contribution in [1.29, 1.82) is 5.26 Å². The van der Waals surface area contributed by atoms with E-state index in [4.69, 9.17) is 16.9 Å². The van der Waals surface area contributed by atoms with Gasteiger partial charge in [0.2, 0.25) is 0 Å². The highest BCUT2D eigenvalue weighted by Crippen LogP contribution is 2.20. The van der Waals surface area contributed by atoms with Gasteiger partial charge in [-0.05, 0) is 43.3 Å². The lowest BCUT2D eigenvalue weighted by molar-refractivity contribution is 1.03. The lowest BCUT2D eigenvalue weighted by Crippen LogP contribution is -2.16. The molecule has 0 spiro atoms. The summed E-state index contributed by atoms with van der Waals surface area (Å²) in [7, 11) is 0. The molecule has 0 bridgehead atoms. The van der Waals surface area contributed by atoms with Crippen molar-refractivity contribution in [2.75, 3.05) is 23.7 Å². The number of hydrogen-bond acceptors (Lipinski definition) is 6. The maximum Gasteiger partial charge on any atom is 0.161 e. The molecule has 6 nitrogen and oxygen atoms in total. The summed E-state index contributed by atoms with van der Waals surface area (Å²) in [6.45, 7) is 3.29. The van der Waals surface area contributed by atoms with E-state index in [9.17, 15) is 0 Å². The average molecular weight is 365 g/mol. The van der Waals surface area contributed by atoms with Gasteiger partial charge in [-0.3, -0.25) is 0 Å². The third-order valence-electron chi connectivity index (χ3n) is 3.69. The molecule has 0 atom stereocenters. The van der Waals surface area contributed by atoms with Gasteiger partial charge in [-0.25, -0.2) is 15.0 Å². The molecule has 0 saturated heterocycles. The van der Waals surface area contributed by atoms with E-state index in [1.807, 2.05) is 37.3 Å². The van der Waals surface area contributed by atoms with E-state index in [-0.39, 0.29) is 0 Å². The van der Waals surface area contributed by atoms with Gasteiger partial charge in [0, 0.05) is 41.6 Å². The molecule has 0 amide bonds. The van der Waals surface area contributed by atoms with Gasteiger partial charge in [-0.2, -0.15) is 5.26 Å². The summed E-state index contributed by atoms with van der Waals surface area (Å²) in [5, 5.41) is 16.0. The molecule has 3 aromatic rings. The van der Waals surface area contributed by atoms with E-state index in [1.54, 1.807) is 24.5 Å². The number of hydrogen-bond donors (Lipinski definition) is 2. The SMILES string of the molecule is Cc1cnc(-c2ccc(Cl)cc2)nc1NCCNc1ccc(C#N)cn1. The van der Waals surface area contributed by atoms with Crippen LogP contribution in [0.3, 0.4) is 0 Å². The van der Waals surface area contributed by atoms with Crippen LogP contribution in [0.25, 0.3) is 11.4 Å². The number of rotatable bonds is 6. The Hall–Kier alpha value is -3.17. The molecule has 130 valence electrons. The molecule has 1 aromatic carbocycles. The van der Waals surface area contributed by atoms with Crippen LogP contribution in [0, 0.1) is 18.3 Å². The molecule has 0 saturated carbocycles. The zero-order valence-electron chi connectivity index (χ0n) is 14.2. The van der Waals surface area contributed by atoms with E-state index in [2.05, 4.69) is 25.6 Å². The Balaban J connectivity index is 1.59. The second kappa shape index (κ2) is 8.28. The monoisotopic (exact) mass is 364 g/mol. The zero-order chi connectivity index (χ0) is 18.4.